The molecule has 1 saturated carbocycles. The van der Waals surface area contributed by atoms with Gasteiger partial charge in [0.25, 0.3) is 0 Å². The second-order valence-electron chi connectivity index (χ2n) is 5.44. The normalized spacial score (nSPS) is 26.0. The molecule has 0 bridgehead atoms. The Morgan fingerprint density at radius 3 is 2.75 bits per heavy atom. The fourth-order valence-corrected chi connectivity index (χ4v) is 2.96. The van der Waals surface area contributed by atoms with E-state index in [1.807, 2.05) is 36.0 Å². The lowest BCUT2D eigenvalue weighted by molar-refractivity contribution is 0.0357. The minimum absolute atomic E-state index is 0.116. The summed E-state index contributed by atoms with van der Waals surface area (Å²) in [6.45, 7) is 0.607. The fourth-order valence-electron chi connectivity index (χ4n) is 2.96. The van der Waals surface area contributed by atoms with Gasteiger partial charge in [0.05, 0.1) is 18.8 Å². The van der Waals surface area contributed by atoms with Crippen LogP contribution >= 0.6 is 0 Å². The van der Waals surface area contributed by atoms with E-state index < -0.39 is 0 Å². The van der Waals surface area contributed by atoms with Gasteiger partial charge < -0.3 is 9.84 Å². The van der Waals surface area contributed by atoms with Crippen molar-refractivity contribution in [3.63, 3.8) is 0 Å². The smallest absolute Gasteiger partial charge is 0.0720 e. The number of aliphatic hydroxyl groups is 1. The van der Waals surface area contributed by atoms with Crippen molar-refractivity contribution in [2.45, 2.75) is 37.6 Å². The molecule has 0 amide bonds. The van der Waals surface area contributed by atoms with Crippen LogP contribution in [-0.2, 0) is 18.4 Å². The summed E-state index contributed by atoms with van der Waals surface area (Å²) < 4.78 is 7.78. The van der Waals surface area contributed by atoms with E-state index >= 15 is 0 Å². The summed E-state index contributed by atoms with van der Waals surface area (Å²) in [6.07, 6.45) is 3.10. The first-order chi connectivity index (χ1) is 9.74. The van der Waals surface area contributed by atoms with Crippen LogP contribution in [-0.4, -0.2) is 27.1 Å². The van der Waals surface area contributed by atoms with Gasteiger partial charge in [-0.3, -0.25) is 4.68 Å². The van der Waals surface area contributed by atoms with Gasteiger partial charge in [-0.05, 0) is 18.1 Å². The standard InChI is InChI=1S/C16H20N2O2/c1-18-15(7-8-17-18)14-9-13(10-16(14)19)20-11-12-5-3-2-4-6-12/h2-8,13-14,16,19H,9-11H2,1H3/t13-,14+,16-/m0/s1. The molecule has 3 atom stereocenters. The fraction of sp³-hybridized carbons (Fsp3) is 0.438. The number of aromatic nitrogens is 2. The minimum Gasteiger partial charge on any atom is -0.392 e. The van der Waals surface area contributed by atoms with Crippen LogP contribution in [0.15, 0.2) is 42.6 Å². The van der Waals surface area contributed by atoms with Crippen molar-refractivity contribution in [1.29, 1.82) is 0 Å². The average Bonchev–Trinajstić information content (AvgIpc) is 3.03. The maximum atomic E-state index is 10.2. The van der Waals surface area contributed by atoms with Crippen LogP contribution < -0.4 is 0 Å². The molecule has 0 unspecified atom stereocenters. The lowest BCUT2D eigenvalue weighted by atomic mass is 10.0. The van der Waals surface area contributed by atoms with Gasteiger partial charge in [0.1, 0.15) is 0 Å². The van der Waals surface area contributed by atoms with E-state index in [9.17, 15) is 5.11 Å². The molecule has 0 saturated heterocycles. The average molecular weight is 272 g/mol. The van der Waals surface area contributed by atoms with Crippen LogP contribution in [0, 0.1) is 0 Å². The van der Waals surface area contributed by atoms with Gasteiger partial charge in [0, 0.05) is 31.3 Å². The third kappa shape index (κ3) is 2.76. The van der Waals surface area contributed by atoms with Crippen molar-refractivity contribution in [2.75, 3.05) is 0 Å². The van der Waals surface area contributed by atoms with Gasteiger partial charge in [-0.1, -0.05) is 30.3 Å². The van der Waals surface area contributed by atoms with E-state index in [0.29, 0.717) is 13.0 Å². The molecule has 3 rings (SSSR count). The Balaban J connectivity index is 1.60. The van der Waals surface area contributed by atoms with Crippen LogP contribution in [0.25, 0.3) is 0 Å². The first-order valence-corrected chi connectivity index (χ1v) is 7.05. The van der Waals surface area contributed by atoms with Crippen molar-refractivity contribution >= 4 is 0 Å². The zero-order chi connectivity index (χ0) is 13.9. The third-order valence-electron chi connectivity index (χ3n) is 4.05. The first kappa shape index (κ1) is 13.3. The van der Waals surface area contributed by atoms with E-state index in [1.165, 1.54) is 5.56 Å². The molecule has 1 heterocycles. The highest BCUT2D eigenvalue weighted by Gasteiger charge is 2.36. The van der Waals surface area contributed by atoms with Gasteiger partial charge >= 0.3 is 0 Å². The predicted octanol–water partition coefficient (Wildman–Crippen LogP) is 2.24. The van der Waals surface area contributed by atoms with Crippen LogP contribution in [0.1, 0.15) is 30.0 Å². The molecular formula is C16H20N2O2. The molecule has 0 spiro atoms. The zero-order valence-electron chi connectivity index (χ0n) is 11.6. The minimum atomic E-state index is -0.342. The van der Waals surface area contributed by atoms with E-state index in [4.69, 9.17) is 4.74 Å². The topological polar surface area (TPSA) is 47.3 Å². The molecule has 4 nitrogen and oxygen atoms in total. The molecule has 0 aliphatic heterocycles. The maximum Gasteiger partial charge on any atom is 0.0720 e. The maximum absolute atomic E-state index is 10.2. The van der Waals surface area contributed by atoms with E-state index in [1.54, 1.807) is 6.20 Å². The SMILES string of the molecule is Cn1nccc1[C@H]1C[C@H](OCc2ccccc2)C[C@@H]1O. The van der Waals surface area contributed by atoms with Gasteiger partial charge in [-0.2, -0.15) is 5.10 Å². The number of hydrogen-bond donors (Lipinski definition) is 1. The van der Waals surface area contributed by atoms with Gasteiger partial charge in [-0.15, -0.1) is 0 Å². The molecule has 1 aromatic heterocycles. The Bertz CT molecular complexity index is 553. The lowest BCUT2D eigenvalue weighted by Crippen LogP contribution is -2.14. The van der Waals surface area contributed by atoms with Gasteiger partial charge in [-0.25, -0.2) is 0 Å². The number of nitrogens with zero attached hydrogens (tertiary/aromatic N) is 2. The third-order valence-corrected chi connectivity index (χ3v) is 4.05. The highest BCUT2D eigenvalue weighted by atomic mass is 16.5. The van der Waals surface area contributed by atoms with Crippen LogP contribution in [0.4, 0.5) is 0 Å². The van der Waals surface area contributed by atoms with Crippen molar-refractivity contribution in [1.82, 2.24) is 9.78 Å². The summed E-state index contributed by atoms with van der Waals surface area (Å²) in [5.41, 5.74) is 2.26. The summed E-state index contributed by atoms with van der Waals surface area (Å²) in [6, 6.07) is 12.1. The van der Waals surface area contributed by atoms with Gasteiger partial charge in [0.2, 0.25) is 0 Å². The number of benzene rings is 1. The van der Waals surface area contributed by atoms with Crippen molar-refractivity contribution in [2.24, 2.45) is 7.05 Å². The quantitative estimate of drug-likeness (QED) is 0.928. The summed E-state index contributed by atoms with van der Waals surface area (Å²) in [7, 11) is 1.92. The molecule has 2 aromatic rings. The Labute approximate surface area is 119 Å². The summed E-state index contributed by atoms with van der Waals surface area (Å²) in [4.78, 5) is 0. The van der Waals surface area contributed by atoms with Crippen LogP contribution in [0.2, 0.25) is 0 Å². The largest absolute Gasteiger partial charge is 0.392 e. The van der Waals surface area contributed by atoms with Crippen LogP contribution in [0.5, 0.6) is 0 Å². The Morgan fingerprint density at radius 1 is 1.25 bits per heavy atom. The molecule has 1 fully saturated rings. The number of rotatable bonds is 4. The van der Waals surface area contributed by atoms with Crippen molar-refractivity contribution < 1.29 is 9.84 Å². The molecule has 106 valence electrons. The Morgan fingerprint density at radius 2 is 2.05 bits per heavy atom. The van der Waals surface area contributed by atoms with E-state index in [-0.39, 0.29) is 18.1 Å². The Kier molecular flexibility index (Phi) is 3.85. The molecule has 1 aromatic carbocycles. The second-order valence-corrected chi connectivity index (χ2v) is 5.44. The highest BCUT2D eigenvalue weighted by molar-refractivity contribution is 5.15. The van der Waals surface area contributed by atoms with E-state index in [0.717, 1.165) is 12.1 Å². The molecule has 4 heteroatoms. The zero-order valence-corrected chi connectivity index (χ0v) is 11.6. The molecule has 0 radical (unpaired) electrons. The lowest BCUT2D eigenvalue weighted by Gasteiger charge is -2.14. The monoisotopic (exact) mass is 272 g/mol. The number of hydrogen-bond acceptors (Lipinski definition) is 3. The summed E-state index contributed by atoms with van der Waals surface area (Å²) >= 11 is 0. The van der Waals surface area contributed by atoms with Crippen molar-refractivity contribution in [3.8, 4) is 0 Å². The number of aliphatic hydroxyl groups excluding tert-OH is 1. The van der Waals surface area contributed by atoms with Crippen molar-refractivity contribution in [3.05, 3.63) is 53.9 Å². The Hall–Kier alpha value is -1.65. The number of aryl methyl sites for hydroxylation is 1. The van der Waals surface area contributed by atoms with Gasteiger partial charge in [0.15, 0.2) is 0 Å². The second kappa shape index (κ2) is 5.77. The molecular weight excluding hydrogens is 252 g/mol. The molecule has 20 heavy (non-hydrogen) atoms. The predicted molar refractivity (Wildman–Crippen MR) is 76.2 cm³/mol. The van der Waals surface area contributed by atoms with Crippen LogP contribution in [0.3, 0.4) is 0 Å². The molecule has 1 N–H and O–H groups in total. The summed E-state index contributed by atoms with van der Waals surface area (Å²) in [5.74, 6) is 0.128. The van der Waals surface area contributed by atoms with E-state index in [2.05, 4.69) is 17.2 Å². The molecule has 1 aliphatic carbocycles. The number of ether oxygens (including phenoxy) is 1. The summed E-state index contributed by atoms with van der Waals surface area (Å²) in [5, 5.41) is 14.4. The highest BCUT2D eigenvalue weighted by Crippen LogP contribution is 2.36. The molecule has 1 aliphatic rings. The first-order valence-electron chi connectivity index (χ1n) is 7.05.